The average Bonchev–Trinajstić information content (AvgIpc) is 2.54. The molecule has 3 aromatic rings. The Kier molecular flexibility index (Phi) is 4.25. The molecule has 24 heavy (non-hydrogen) atoms. The minimum Gasteiger partial charge on any atom is -0.258 e. The van der Waals surface area contributed by atoms with Gasteiger partial charge >= 0.3 is 0 Å². The molecule has 0 atom stereocenters. The average molecular weight is 360 g/mol. The van der Waals surface area contributed by atoms with Crippen LogP contribution in [0.2, 0.25) is 0 Å². The predicted molar refractivity (Wildman–Crippen MR) is 92.1 cm³/mol. The lowest BCUT2D eigenvalue weighted by atomic mass is 10.2. The number of nitrogens with zero attached hydrogens (tertiary/aromatic N) is 2. The van der Waals surface area contributed by atoms with Gasteiger partial charge in [-0.25, -0.2) is 8.42 Å². The topological polar surface area (TPSA) is 90.2 Å². The number of benzene rings is 2. The summed E-state index contributed by atoms with van der Waals surface area (Å²) in [5, 5.41) is 12.3. The fourth-order valence-corrected chi connectivity index (χ4v) is 3.90. The Hall–Kier alpha value is -2.45. The highest BCUT2D eigenvalue weighted by atomic mass is 32.2. The third-order valence-corrected chi connectivity index (χ3v) is 5.60. The van der Waals surface area contributed by atoms with E-state index >= 15 is 0 Å². The van der Waals surface area contributed by atoms with Crippen molar-refractivity contribution < 1.29 is 13.3 Å². The number of pyridine rings is 1. The van der Waals surface area contributed by atoms with Crippen LogP contribution in [0.4, 0.5) is 5.69 Å². The van der Waals surface area contributed by atoms with Crippen molar-refractivity contribution >= 4 is 38.2 Å². The number of hydrogen-bond donors (Lipinski definition) is 0. The van der Waals surface area contributed by atoms with Gasteiger partial charge in [0.1, 0.15) is 0 Å². The lowest BCUT2D eigenvalue weighted by Gasteiger charge is -2.07. The lowest BCUT2D eigenvalue weighted by molar-refractivity contribution is -0.388. The summed E-state index contributed by atoms with van der Waals surface area (Å²) in [4.78, 5) is 16.1. The Morgan fingerprint density at radius 2 is 1.83 bits per heavy atom. The van der Waals surface area contributed by atoms with Gasteiger partial charge in [-0.2, -0.15) is 0 Å². The molecule has 1 heterocycles. The van der Waals surface area contributed by atoms with Crippen LogP contribution in [0.1, 0.15) is 0 Å². The number of fused-ring (bicyclic) bond motifs is 1. The van der Waals surface area contributed by atoms with Crippen LogP contribution in [0.25, 0.3) is 10.9 Å². The van der Waals surface area contributed by atoms with Gasteiger partial charge in [0, 0.05) is 28.8 Å². The lowest BCUT2D eigenvalue weighted by Crippen LogP contribution is -1.99. The molecule has 3 rings (SSSR count). The van der Waals surface area contributed by atoms with Crippen LogP contribution in [0.5, 0.6) is 0 Å². The van der Waals surface area contributed by atoms with Gasteiger partial charge < -0.3 is 0 Å². The zero-order valence-electron chi connectivity index (χ0n) is 12.5. The quantitative estimate of drug-likeness (QED) is 0.520. The zero-order valence-corrected chi connectivity index (χ0v) is 14.2. The van der Waals surface area contributed by atoms with E-state index < -0.39 is 14.8 Å². The first-order chi connectivity index (χ1) is 11.4. The second kappa shape index (κ2) is 6.21. The second-order valence-electron chi connectivity index (χ2n) is 5.09. The first kappa shape index (κ1) is 16.4. The molecule has 122 valence electrons. The number of nitro benzene ring substituents is 1. The van der Waals surface area contributed by atoms with E-state index in [2.05, 4.69) is 4.98 Å². The zero-order chi connectivity index (χ0) is 17.3. The molecule has 0 aliphatic heterocycles. The molecule has 2 aromatic carbocycles. The molecule has 0 aliphatic carbocycles. The summed E-state index contributed by atoms with van der Waals surface area (Å²) < 4.78 is 23.2. The Labute approximate surface area is 142 Å². The largest absolute Gasteiger partial charge is 0.284 e. The number of para-hydroxylation sites is 1. The molecule has 1 aromatic heterocycles. The Morgan fingerprint density at radius 1 is 1.08 bits per heavy atom. The molecule has 0 bridgehead atoms. The fourth-order valence-electron chi connectivity index (χ4n) is 2.23. The normalized spacial score (nSPS) is 11.5. The molecule has 0 saturated heterocycles. The SMILES string of the molecule is CS(=O)(=O)c1ccc(Sc2cccc3cccnc23)c([N+](=O)[O-])c1. The summed E-state index contributed by atoms with van der Waals surface area (Å²) in [6.07, 6.45) is 2.68. The van der Waals surface area contributed by atoms with Crippen LogP contribution in [-0.2, 0) is 9.84 Å². The maximum Gasteiger partial charge on any atom is 0.284 e. The number of hydrogen-bond acceptors (Lipinski definition) is 6. The first-order valence-electron chi connectivity index (χ1n) is 6.86. The van der Waals surface area contributed by atoms with E-state index in [1.807, 2.05) is 30.3 Å². The van der Waals surface area contributed by atoms with Crippen LogP contribution < -0.4 is 0 Å². The molecule has 8 heteroatoms. The van der Waals surface area contributed by atoms with Crippen LogP contribution in [-0.4, -0.2) is 24.6 Å². The maximum absolute atomic E-state index is 11.6. The number of rotatable bonds is 4. The summed E-state index contributed by atoms with van der Waals surface area (Å²) in [5.41, 5.74) is 0.502. The van der Waals surface area contributed by atoms with Crippen molar-refractivity contribution in [3.8, 4) is 0 Å². The Balaban J connectivity index is 2.11. The van der Waals surface area contributed by atoms with Crippen molar-refractivity contribution in [2.24, 2.45) is 0 Å². The molecule has 0 N–H and O–H groups in total. The summed E-state index contributed by atoms with van der Waals surface area (Å²) in [5.74, 6) is 0. The van der Waals surface area contributed by atoms with Gasteiger partial charge in [-0.05, 0) is 24.3 Å². The van der Waals surface area contributed by atoms with E-state index in [1.54, 1.807) is 6.20 Å². The molecule has 0 spiro atoms. The number of nitro groups is 1. The highest BCUT2D eigenvalue weighted by Crippen LogP contribution is 2.38. The van der Waals surface area contributed by atoms with E-state index in [4.69, 9.17) is 0 Å². The summed E-state index contributed by atoms with van der Waals surface area (Å²) in [6.45, 7) is 0. The monoisotopic (exact) mass is 360 g/mol. The van der Waals surface area contributed by atoms with Crippen LogP contribution >= 0.6 is 11.8 Å². The van der Waals surface area contributed by atoms with E-state index in [0.29, 0.717) is 4.90 Å². The van der Waals surface area contributed by atoms with Gasteiger partial charge in [-0.3, -0.25) is 15.1 Å². The van der Waals surface area contributed by atoms with Crippen molar-refractivity contribution in [1.29, 1.82) is 0 Å². The van der Waals surface area contributed by atoms with Crippen molar-refractivity contribution in [3.05, 3.63) is 64.8 Å². The second-order valence-corrected chi connectivity index (χ2v) is 8.19. The molecular formula is C16H12N2O4S2. The van der Waals surface area contributed by atoms with Gasteiger partial charge in [-0.15, -0.1) is 0 Å². The predicted octanol–water partition coefficient (Wildman–Crippen LogP) is 3.70. The molecule has 0 fully saturated rings. The molecule has 0 unspecified atom stereocenters. The number of sulfone groups is 1. The molecule has 0 radical (unpaired) electrons. The fraction of sp³-hybridized carbons (Fsp3) is 0.0625. The van der Waals surface area contributed by atoms with Crippen molar-refractivity contribution in [1.82, 2.24) is 4.98 Å². The molecule has 6 nitrogen and oxygen atoms in total. The van der Waals surface area contributed by atoms with E-state index in [1.165, 1.54) is 23.9 Å². The Morgan fingerprint density at radius 3 is 2.54 bits per heavy atom. The molecular weight excluding hydrogens is 348 g/mol. The highest BCUT2D eigenvalue weighted by molar-refractivity contribution is 7.99. The van der Waals surface area contributed by atoms with E-state index in [-0.39, 0.29) is 10.6 Å². The van der Waals surface area contributed by atoms with Gasteiger partial charge in [-0.1, -0.05) is 30.0 Å². The van der Waals surface area contributed by atoms with Crippen LogP contribution in [0, 0.1) is 10.1 Å². The minimum atomic E-state index is -3.51. The van der Waals surface area contributed by atoms with Crippen LogP contribution in [0.15, 0.2) is 69.4 Å². The van der Waals surface area contributed by atoms with Gasteiger partial charge in [0.2, 0.25) is 0 Å². The molecule has 0 aliphatic rings. The standard InChI is InChI=1S/C16H12N2O4S2/c1-24(21,22)12-7-8-14(13(10-12)18(19)20)23-15-6-2-4-11-5-3-9-17-16(11)15/h2-10H,1H3. The van der Waals surface area contributed by atoms with Crippen LogP contribution in [0.3, 0.4) is 0 Å². The first-order valence-corrected chi connectivity index (χ1v) is 9.57. The van der Waals surface area contributed by atoms with Crippen molar-refractivity contribution in [2.45, 2.75) is 14.7 Å². The van der Waals surface area contributed by atoms with Crippen molar-refractivity contribution in [3.63, 3.8) is 0 Å². The molecule has 0 saturated carbocycles. The minimum absolute atomic E-state index is 0.0744. The Bertz CT molecular complexity index is 1040. The van der Waals surface area contributed by atoms with E-state index in [9.17, 15) is 18.5 Å². The highest BCUT2D eigenvalue weighted by Gasteiger charge is 2.20. The smallest absolute Gasteiger partial charge is 0.258 e. The summed E-state index contributed by atoms with van der Waals surface area (Å²) in [7, 11) is -3.51. The van der Waals surface area contributed by atoms with Gasteiger partial charge in [0.05, 0.1) is 20.2 Å². The van der Waals surface area contributed by atoms with Gasteiger partial charge in [0.25, 0.3) is 5.69 Å². The summed E-state index contributed by atoms with van der Waals surface area (Å²) >= 11 is 1.19. The van der Waals surface area contributed by atoms with Crippen molar-refractivity contribution in [2.75, 3.05) is 6.26 Å². The third-order valence-electron chi connectivity index (χ3n) is 3.37. The third kappa shape index (κ3) is 3.24. The maximum atomic E-state index is 11.6. The molecule has 0 amide bonds. The van der Waals surface area contributed by atoms with Gasteiger partial charge in [0.15, 0.2) is 9.84 Å². The summed E-state index contributed by atoms with van der Waals surface area (Å²) in [6, 6.07) is 13.2. The number of aromatic nitrogens is 1. The van der Waals surface area contributed by atoms with E-state index in [0.717, 1.165) is 28.1 Å².